The number of carbonyl (C=O) groups is 1. The Kier molecular flexibility index (Phi) is 4.01. The summed E-state index contributed by atoms with van der Waals surface area (Å²) in [4.78, 5) is 14.3. The van der Waals surface area contributed by atoms with Crippen LogP contribution >= 0.6 is 0 Å². The summed E-state index contributed by atoms with van der Waals surface area (Å²) in [5, 5.41) is 0. The van der Waals surface area contributed by atoms with Crippen LogP contribution in [0, 0.1) is 0 Å². The molecule has 0 saturated carbocycles. The van der Waals surface area contributed by atoms with Gasteiger partial charge in [-0.3, -0.25) is 0 Å². The van der Waals surface area contributed by atoms with Crippen LogP contribution in [0.15, 0.2) is 43.0 Å². The lowest BCUT2D eigenvalue weighted by Crippen LogP contribution is -2.19. The number of esters is 1. The Labute approximate surface area is 87.4 Å². The van der Waals surface area contributed by atoms with Crippen LogP contribution in [-0.2, 0) is 9.53 Å². The largest absolute Gasteiger partial charge is 0.453 e. The minimum absolute atomic E-state index is 0.0880. The van der Waals surface area contributed by atoms with Crippen LogP contribution in [0.2, 0.25) is 0 Å². The maximum absolute atomic E-state index is 11.4. The predicted octanol–water partition coefficient (Wildman–Crippen LogP) is 1.43. The van der Waals surface area contributed by atoms with Gasteiger partial charge in [0.15, 0.2) is 0 Å². The van der Waals surface area contributed by atoms with Crippen molar-refractivity contribution < 1.29 is 14.3 Å². The molecule has 4 heteroatoms. The smallest absolute Gasteiger partial charge is 0.422 e. The molecular formula is C11H10N2O2. The van der Waals surface area contributed by atoms with E-state index >= 15 is 0 Å². The van der Waals surface area contributed by atoms with Gasteiger partial charge in [-0.1, -0.05) is 30.9 Å². The molecule has 0 atom stereocenters. The number of ether oxygens (including phenoxy) is 1. The molecule has 1 aromatic carbocycles. The molecular weight excluding hydrogens is 192 g/mol. The second-order valence-electron chi connectivity index (χ2n) is 2.70. The summed E-state index contributed by atoms with van der Waals surface area (Å²) in [6.45, 7) is 3.50. The molecule has 0 bridgehead atoms. The molecule has 15 heavy (non-hydrogen) atoms. The second kappa shape index (κ2) is 5.52. The van der Waals surface area contributed by atoms with Gasteiger partial charge in [-0.25, -0.2) is 4.79 Å². The quantitative estimate of drug-likeness (QED) is 0.244. The highest BCUT2D eigenvalue weighted by atomic mass is 16.5. The van der Waals surface area contributed by atoms with Crippen LogP contribution in [0.4, 0.5) is 0 Å². The van der Waals surface area contributed by atoms with Crippen molar-refractivity contribution in [3.8, 4) is 0 Å². The van der Waals surface area contributed by atoms with Crippen LogP contribution in [0.5, 0.6) is 0 Å². The molecule has 0 unspecified atom stereocenters. The Morgan fingerprint density at radius 1 is 1.47 bits per heavy atom. The Hall–Kier alpha value is -2.19. The van der Waals surface area contributed by atoms with Crippen molar-refractivity contribution >= 4 is 11.7 Å². The van der Waals surface area contributed by atoms with Crippen molar-refractivity contribution in [1.29, 1.82) is 0 Å². The first-order chi connectivity index (χ1) is 7.29. The summed E-state index contributed by atoms with van der Waals surface area (Å²) in [5.74, 6) is -0.677. The lowest BCUT2D eigenvalue weighted by molar-refractivity contribution is -0.138. The van der Waals surface area contributed by atoms with Crippen LogP contribution in [-0.4, -0.2) is 23.1 Å². The first-order valence-electron chi connectivity index (χ1n) is 4.35. The average molecular weight is 202 g/mol. The number of rotatable bonds is 4. The van der Waals surface area contributed by atoms with Crippen molar-refractivity contribution in [1.82, 2.24) is 0 Å². The van der Waals surface area contributed by atoms with E-state index in [4.69, 9.17) is 10.3 Å². The maximum atomic E-state index is 11.4. The van der Waals surface area contributed by atoms with Gasteiger partial charge in [0, 0.05) is 0 Å². The van der Waals surface area contributed by atoms with E-state index in [1.165, 1.54) is 6.08 Å². The van der Waals surface area contributed by atoms with Crippen LogP contribution in [0.1, 0.15) is 5.56 Å². The Balaban J connectivity index is 2.87. The first kappa shape index (κ1) is 10.9. The fourth-order valence-corrected chi connectivity index (χ4v) is 1.02. The summed E-state index contributed by atoms with van der Waals surface area (Å²) in [6.07, 6.45) is 1.44. The molecule has 1 aromatic rings. The van der Waals surface area contributed by atoms with Crippen LogP contribution < -0.4 is 0 Å². The zero-order chi connectivity index (χ0) is 11.1. The summed E-state index contributed by atoms with van der Waals surface area (Å²) in [6, 6.07) is 8.59. The van der Waals surface area contributed by atoms with E-state index in [9.17, 15) is 4.79 Å². The molecule has 76 valence electrons. The zero-order valence-electron chi connectivity index (χ0n) is 8.09. The molecule has 0 spiro atoms. The zero-order valence-corrected chi connectivity index (χ0v) is 8.09. The van der Waals surface area contributed by atoms with Gasteiger partial charge in [0.2, 0.25) is 0 Å². The molecule has 0 aromatic heterocycles. The SMILES string of the molecule is C=CCOC(=O)C(=[N+]=[N-])c1ccccc1. The van der Waals surface area contributed by atoms with Gasteiger partial charge in [-0.2, -0.15) is 4.79 Å². The van der Waals surface area contributed by atoms with Crippen molar-refractivity contribution in [3.63, 3.8) is 0 Å². The van der Waals surface area contributed by atoms with E-state index in [0.29, 0.717) is 5.56 Å². The van der Waals surface area contributed by atoms with Crippen molar-refractivity contribution in [3.05, 3.63) is 54.1 Å². The minimum atomic E-state index is -0.677. The van der Waals surface area contributed by atoms with E-state index in [-0.39, 0.29) is 12.3 Å². The normalized spacial score (nSPS) is 8.80. The van der Waals surface area contributed by atoms with Gasteiger partial charge in [0.05, 0.1) is 5.56 Å². The second-order valence-corrected chi connectivity index (χ2v) is 2.70. The molecule has 0 aliphatic rings. The number of hydrogen-bond acceptors (Lipinski definition) is 2. The monoisotopic (exact) mass is 202 g/mol. The summed E-state index contributed by atoms with van der Waals surface area (Å²) < 4.78 is 4.75. The Bertz CT molecular complexity index is 406. The summed E-state index contributed by atoms with van der Waals surface area (Å²) in [5.41, 5.74) is 9.11. The fraction of sp³-hybridized carbons (Fsp3) is 0.0909. The highest BCUT2D eigenvalue weighted by Gasteiger charge is 2.23. The first-order valence-corrected chi connectivity index (χ1v) is 4.35. The van der Waals surface area contributed by atoms with Crippen LogP contribution in [0.3, 0.4) is 0 Å². The van der Waals surface area contributed by atoms with E-state index in [2.05, 4.69) is 11.4 Å². The van der Waals surface area contributed by atoms with Gasteiger partial charge in [0.1, 0.15) is 6.61 Å². The van der Waals surface area contributed by atoms with E-state index in [1.807, 2.05) is 0 Å². The highest BCUT2D eigenvalue weighted by Crippen LogP contribution is 2.00. The Morgan fingerprint density at radius 2 is 2.13 bits per heavy atom. The van der Waals surface area contributed by atoms with E-state index in [1.54, 1.807) is 30.3 Å². The molecule has 1 rings (SSSR count). The summed E-state index contributed by atoms with van der Waals surface area (Å²) >= 11 is 0. The van der Waals surface area contributed by atoms with Gasteiger partial charge in [-0.15, -0.1) is 0 Å². The summed E-state index contributed by atoms with van der Waals surface area (Å²) in [7, 11) is 0. The highest BCUT2D eigenvalue weighted by molar-refractivity contribution is 6.40. The predicted molar refractivity (Wildman–Crippen MR) is 55.3 cm³/mol. The van der Waals surface area contributed by atoms with Crippen molar-refractivity contribution in [2.24, 2.45) is 0 Å². The fourth-order valence-electron chi connectivity index (χ4n) is 1.02. The molecule has 0 N–H and O–H groups in total. The third-order valence-electron chi connectivity index (χ3n) is 1.67. The maximum Gasteiger partial charge on any atom is 0.422 e. The number of benzene rings is 1. The van der Waals surface area contributed by atoms with E-state index in [0.717, 1.165) is 0 Å². The number of hydrogen-bond donors (Lipinski definition) is 0. The van der Waals surface area contributed by atoms with Gasteiger partial charge in [-0.05, 0) is 12.1 Å². The molecule has 0 fully saturated rings. The number of carbonyl (C=O) groups excluding carboxylic acids is 1. The minimum Gasteiger partial charge on any atom is -0.453 e. The van der Waals surface area contributed by atoms with Crippen LogP contribution in [0.25, 0.3) is 5.53 Å². The average Bonchev–Trinajstić information content (AvgIpc) is 2.29. The molecule has 0 radical (unpaired) electrons. The molecule has 0 saturated heterocycles. The van der Waals surface area contributed by atoms with Gasteiger partial charge in [0.25, 0.3) is 0 Å². The van der Waals surface area contributed by atoms with E-state index < -0.39 is 5.97 Å². The standard InChI is InChI=1S/C11H10N2O2/c1-2-8-15-11(14)10(13-12)9-6-4-3-5-7-9/h2-7H,1,8H2. The third kappa shape index (κ3) is 2.90. The van der Waals surface area contributed by atoms with Crippen molar-refractivity contribution in [2.75, 3.05) is 6.61 Å². The van der Waals surface area contributed by atoms with Crippen molar-refractivity contribution in [2.45, 2.75) is 0 Å². The molecule has 0 heterocycles. The number of nitrogens with zero attached hydrogens (tertiary/aromatic N) is 2. The molecule has 0 amide bonds. The molecule has 0 aliphatic carbocycles. The van der Waals surface area contributed by atoms with Gasteiger partial charge < -0.3 is 10.3 Å². The van der Waals surface area contributed by atoms with Gasteiger partial charge >= 0.3 is 11.7 Å². The third-order valence-corrected chi connectivity index (χ3v) is 1.67. The lowest BCUT2D eigenvalue weighted by Gasteiger charge is -1.97. The topological polar surface area (TPSA) is 62.7 Å². The Morgan fingerprint density at radius 3 is 2.67 bits per heavy atom. The molecule has 0 aliphatic heterocycles. The lowest BCUT2D eigenvalue weighted by atomic mass is 10.1. The molecule has 4 nitrogen and oxygen atoms in total.